The molecule has 1 N–H and O–H groups in total. The largest absolute Gasteiger partial charge is 0.469 e. The average molecular weight is 253 g/mol. The SMILES string of the molecule is Cc1cc(C(=O)[C@@H](C)NC(=O)OC(C)(C)C)co1. The number of carbonyl (C=O) groups is 2. The number of Topliss-reactive ketones (excluding diaryl/α,β-unsaturated/α-hetero) is 1. The number of ether oxygens (including phenoxy) is 1. The Kier molecular flexibility index (Phi) is 4.16. The molecule has 0 aromatic carbocycles. The van der Waals surface area contributed by atoms with Gasteiger partial charge in [-0.25, -0.2) is 4.79 Å². The normalized spacial score (nSPS) is 12.9. The lowest BCUT2D eigenvalue weighted by molar-refractivity contribution is 0.0496. The topological polar surface area (TPSA) is 68.5 Å². The van der Waals surface area contributed by atoms with E-state index in [4.69, 9.17) is 9.15 Å². The molecule has 1 aromatic rings. The maximum absolute atomic E-state index is 11.9. The number of hydrogen-bond donors (Lipinski definition) is 1. The van der Waals surface area contributed by atoms with Gasteiger partial charge in [0, 0.05) is 0 Å². The Hall–Kier alpha value is -1.78. The van der Waals surface area contributed by atoms with Crippen molar-refractivity contribution < 1.29 is 18.7 Å². The van der Waals surface area contributed by atoms with Crippen LogP contribution in [0, 0.1) is 6.92 Å². The van der Waals surface area contributed by atoms with E-state index < -0.39 is 17.7 Å². The highest BCUT2D eigenvalue weighted by Crippen LogP contribution is 2.10. The third-order valence-electron chi connectivity index (χ3n) is 2.14. The molecule has 1 atom stereocenters. The third kappa shape index (κ3) is 4.24. The number of carbonyl (C=O) groups excluding carboxylic acids is 2. The molecule has 0 fully saturated rings. The van der Waals surface area contributed by atoms with E-state index in [2.05, 4.69) is 5.32 Å². The van der Waals surface area contributed by atoms with E-state index in [1.165, 1.54) is 6.26 Å². The monoisotopic (exact) mass is 253 g/mol. The van der Waals surface area contributed by atoms with Gasteiger partial charge in [0.15, 0.2) is 5.78 Å². The predicted octanol–water partition coefficient (Wildman–Crippen LogP) is 2.68. The Labute approximate surface area is 106 Å². The van der Waals surface area contributed by atoms with Gasteiger partial charge in [0.05, 0.1) is 11.6 Å². The Morgan fingerprint density at radius 3 is 2.44 bits per heavy atom. The smallest absolute Gasteiger partial charge is 0.408 e. The summed E-state index contributed by atoms with van der Waals surface area (Å²) in [7, 11) is 0. The van der Waals surface area contributed by atoms with Crippen molar-refractivity contribution in [2.24, 2.45) is 0 Å². The van der Waals surface area contributed by atoms with Gasteiger partial charge in [0.2, 0.25) is 0 Å². The second-order valence-corrected chi connectivity index (χ2v) is 5.18. The second kappa shape index (κ2) is 5.25. The number of amides is 1. The lowest BCUT2D eigenvalue weighted by atomic mass is 10.1. The first-order valence-electron chi connectivity index (χ1n) is 5.78. The molecular formula is C13H19NO4. The molecule has 0 saturated carbocycles. The van der Waals surface area contributed by atoms with Gasteiger partial charge in [0.25, 0.3) is 0 Å². The number of aryl methyl sites for hydroxylation is 1. The molecule has 1 rings (SSSR count). The molecule has 0 aliphatic rings. The third-order valence-corrected chi connectivity index (χ3v) is 2.14. The molecule has 5 heteroatoms. The fraction of sp³-hybridized carbons (Fsp3) is 0.538. The Morgan fingerprint density at radius 2 is 2.00 bits per heavy atom. The van der Waals surface area contributed by atoms with Crippen molar-refractivity contribution in [3.05, 3.63) is 23.7 Å². The summed E-state index contributed by atoms with van der Waals surface area (Å²) < 4.78 is 10.1. The van der Waals surface area contributed by atoms with E-state index in [9.17, 15) is 9.59 Å². The summed E-state index contributed by atoms with van der Waals surface area (Å²) in [4.78, 5) is 23.4. The Bertz CT molecular complexity index is 442. The first-order chi connectivity index (χ1) is 8.19. The van der Waals surface area contributed by atoms with Crippen LogP contribution in [0.3, 0.4) is 0 Å². The fourth-order valence-corrected chi connectivity index (χ4v) is 1.37. The van der Waals surface area contributed by atoms with Gasteiger partial charge in [-0.3, -0.25) is 4.79 Å². The quantitative estimate of drug-likeness (QED) is 0.841. The summed E-state index contributed by atoms with van der Waals surface area (Å²) in [6.07, 6.45) is 0.772. The minimum absolute atomic E-state index is 0.210. The molecule has 0 unspecified atom stereocenters. The number of ketones is 1. The van der Waals surface area contributed by atoms with Crippen LogP contribution in [-0.4, -0.2) is 23.5 Å². The highest BCUT2D eigenvalue weighted by molar-refractivity contribution is 6.01. The Balaban J connectivity index is 2.58. The van der Waals surface area contributed by atoms with Gasteiger partial charge in [-0.05, 0) is 40.7 Å². The van der Waals surface area contributed by atoms with Crippen molar-refractivity contribution in [3.63, 3.8) is 0 Å². The molecule has 0 spiro atoms. The summed E-state index contributed by atoms with van der Waals surface area (Å²) in [5, 5.41) is 2.49. The van der Waals surface area contributed by atoms with Gasteiger partial charge >= 0.3 is 6.09 Å². The van der Waals surface area contributed by atoms with Crippen molar-refractivity contribution in [1.29, 1.82) is 0 Å². The van der Waals surface area contributed by atoms with Crippen LogP contribution in [0.5, 0.6) is 0 Å². The molecule has 18 heavy (non-hydrogen) atoms. The van der Waals surface area contributed by atoms with Crippen LogP contribution in [0.2, 0.25) is 0 Å². The van der Waals surface area contributed by atoms with Crippen LogP contribution < -0.4 is 5.32 Å². The summed E-state index contributed by atoms with van der Waals surface area (Å²) in [6, 6.07) is 0.979. The summed E-state index contributed by atoms with van der Waals surface area (Å²) >= 11 is 0. The molecule has 0 aliphatic heterocycles. The molecule has 1 heterocycles. The van der Waals surface area contributed by atoms with Crippen LogP contribution in [0.15, 0.2) is 16.7 Å². The number of rotatable bonds is 3. The maximum atomic E-state index is 11.9. The second-order valence-electron chi connectivity index (χ2n) is 5.18. The number of furan rings is 1. The highest BCUT2D eigenvalue weighted by Gasteiger charge is 2.22. The fourth-order valence-electron chi connectivity index (χ4n) is 1.37. The van der Waals surface area contributed by atoms with Crippen LogP contribution in [-0.2, 0) is 4.74 Å². The van der Waals surface area contributed by atoms with E-state index in [0.29, 0.717) is 11.3 Å². The average Bonchev–Trinajstić information content (AvgIpc) is 2.60. The molecule has 100 valence electrons. The van der Waals surface area contributed by atoms with Gasteiger partial charge < -0.3 is 14.5 Å². The predicted molar refractivity (Wildman–Crippen MR) is 66.6 cm³/mol. The van der Waals surface area contributed by atoms with Crippen molar-refractivity contribution in [3.8, 4) is 0 Å². The molecule has 0 saturated heterocycles. The van der Waals surface area contributed by atoms with E-state index in [1.54, 1.807) is 40.7 Å². The van der Waals surface area contributed by atoms with Crippen LogP contribution in [0.4, 0.5) is 4.79 Å². The van der Waals surface area contributed by atoms with Crippen molar-refractivity contribution in [2.75, 3.05) is 0 Å². The number of hydrogen-bond acceptors (Lipinski definition) is 4. The molecular weight excluding hydrogens is 234 g/mol. The maximum Gasteiger partial charge on any atom is 0.408 e. The molecule has 0 bridgehead atoms. The minimum Gasteiger partial charge on any atom is -0.469 e. The molecule has 0 radical (unpaired) electrons. The van der Waals surface area contributed by atoms with Crippen LogP contribution in [0.25, 0.3) is 0 Å². The zero-order chi connectivity index (χ0) is 13.9. The molecule has 1 aromatic heterocycles. The molecule has 0 aliphatic carbocycles. The lowest BCUT2D eigenvalue weighted by Gasteiger charge is -2.21. The van der Waals surface area contributed by atoms with Crippen molar-refractivity contribution >= 4 is 11.9 Å². The van der Waals surface area contributed by atoms with E-state index in [0.717, 1.165) is 0 Å². The van der Waals surface area contributed by atoms with Gasteiger partial charge in [-0.1, -0.05) is 0 Å². The Morgan fingerprint density at radius 1 is 1.39 bits per heavy atom. The first kappa shape index (κ1) is 14.3. The zero-order valence-corrected chi connectivity index (χ0v) is 11.4. The number of alkyl carbamates (subject to hydrolysis) is 1. The van der Waals surface area contributed by atoms with Gasteiger partial charge in [-0.15, -0.1) is 0 Å². The van der Waals surface area contributed by atoms with Gasteiger partial charge in [-0.2, -0.15) is 0 Å². The standard InChI is InChI=1S/C13H19NO4/c1-8-6-10(7-17-8)11(15)9(2)14-12(16)18-13(3,4)5/h6-7,9H,1-5H3,(H,14,16)/t9-/m1/s1. The highest BCUT2D eigenvalue weighted by atomic mass is 16.6. The lowest BCUT2D eigenvalue weighted by Crippen LogP contribution is -2.41. The van der Waals surface area contributed by atoms with Crippen LogP contribution in [0.1, 0.15) is 43.8 Å². The van der Waals surface area contributed by atoms with E-state index >= 15 is 0 Å². The van der Waals surface area contributed by atoms with Crippen molar-refractivity contribution in [1.82, 2.24) is 5.32 Å². The molecule has 1 amide bonds. The van der Waals surface area contributed by atoms with E-state index in [1.807, 2.05) is 0 Å². The van der Waals surface area contributed by atoms with Crippen LogP contribution >= 0.6 is 0 Å². The number of nitrogens with one attached hydrogen (secondary N) is 1. The zero-order valence-electron chi connectivity index (χ0n) is 11.4. The van der Waals surface area contributed by atoms with E-state index in [-0.39, 0.29) is 5.78 Å². The summed E-state index contributed by atoms with van der Waals surface area (Å²) in [5.74, 6) is 0.445. The van der Waals surface area contributed by atoms with Crippen molar-refractivity contribution in [2.45, 2.75) is 46.3 Å². The minimum atomic E-state index is -0.656. The summed E-state index contributed by atoms with van der Waals surface area (Å²) in [6.45, 7) is 8.65. The molecule has 5 nitrogen and oxygen atoms in total. The summed E-state index contributed by atoms with van der Waals surface area (Å²) in [5.41, 5.74) is -0.143. The van der Waals surface area contributed by atoms with Gasteiger partial charge in [0.1, 0.15) is 17.6 Å². The first-order valence-corrected chi connectivity index (χ1v) is 5.78.